The lowest BCUT2D eigenvalue weighted by Crippen LogP contribution is -2.47. The van der Waals surface area contributed by atoms with Gasteiger partial charge >= 0.3 is 0 Å². The number of hydrogen-bond donors (Lipinski definition) is 0. The van der Waals surface area contributed by atoms with Gasteiger partial charge in [-0.25, -0.2) is 4.98 Å². The minimum Gasteiger partial charge on any atom is -0.497 e. The molecule has 2 aliphatic rings. The van der Waals surface area contributed by atoms with Gasteiger partial charge in [-0.2, -0.15) is 0 Å². The second kappa shape index (κ2) is 6.43. The molecule has 0 amide bonds. The van der Waals surface area contributed by atoms with Crippen LogP contribution < -0.4 is 4.74 Å². The molecule has 1 aromatic carbocycles. The summed E-state index contributed by atoms with van der Waals surface area (Å²) in [5.74, 6) is 1.04. The Bertz CT molecular complexity index is 765. The van der Waals surface area contributed by atoms with Gasteiger partial charge in [-0.15, -0.1) is 0 Å². The molecular formula is C20H21ClN2O2. The topological polar surface area (TPSA) is 42.4 Å². The molecule has 25 heavy (non-hydrogen) atoms. The minimum absolute atomic E-state index is 0.185. The quantitative estimate of drug-likeness (QED) is 0.597. The molecule has 4 nitrogen and oxygen atoms in total. The van der Waals surface area contributed by atoms with E-state index in [-0.39, 0.29) is 11.3 Å². The summed E-state index contributed by atoms with van der Waals surface area (Å²) in [5.41, 5.74) is 1.48. The fourth-order valence-corrected chi connectivity index (χ4v) is 4.48. The Kier molecular flexibility index (Phi) is 4.26. The van der Waals surface area contributed by atoms with E-state index in [1.165, 1.54) is 5.56 Å². The van der Waals surface area contributed by atoms with Crippen LogP contribution in [0.2, 0.25) is 5.15 Å². The van der Waals surface area contributed by atoms with Crippen molar-refractivity contribution in [1.82, 2.24) is 9.88 Å². The summed E-state index contributed by atoms with van der Waals surface area (Å²) < 4.78 is 5.23. The zero-order valence-electron chi connectivity index (χ0n) is 14.2. The normalized spacial score (nSPS) is 25.3. The first-order chi connectivity index (χ1) is 12.1. The van der Waals surface area contributed by atoms with Crippen molar-refractivity contribution in [2.24, 2.45) is 0 Å². The summed E-state index contributed by atoms with van der Waals surface area (Å²) in [6.45, 7) is 0.793. The molecule has 0 saturated carbocycles. The van der Waals surface area contributed by atoms with E-state index in [0.717, 1.165) is 38.0 Å². The summed E-state index contributed by atoms with van der Waals surface area (Å²) in [4.78, 5) is 19.8. The van der Waals surface area contributed by atoms with E-state index in [9.17, 15) is 4.79 Å². The van der Waals surface area contributed by atoms with Crippen molar-refractivity contribution in [2.45, 2.75) is 43.8 Å². The molecule has 0 spiro atoms. The van der Waals surface area contributed by atoms with Crippen LogP contribution in [0, 0.1) is 0 Å². The fraction of sp³-hybridized carbons (Fsp3) is 0.400. The number of rotatable bonds is 5. The first-order valence-electron chi connectivity index (χ1n) is 8.68. The smallest absolute Gasteiger partial charge is 0.184 e. The average Bonchev–Trinajstić information content (AvgIpc) is 3.18. The first-order valence-corrected chi connectivity index (χ1v) is 9.06. The van der Waals surface area contributed by atoms with Crippen molar-refractivity contribution < 1.29 is 9.53 Å². The van der Waals surface area contributed by atoms with E-state index in [1.54, 1.807) is 25.4 Å². The highest BCUT2D eigenvalue weighted by molar-refractivity contribution is 6.29. The molecule has 2 bridgehead atoms. The Balaban J connectivity index is 1.60. The molecule has 3 heterocycles. The summed E-state index contributed by atoms with van der Waals surface area (Å²) >= 11 is 5.87. The van der Waals surface area contributed by atoms with E-state index in [4.69, 9.17) is 16.3 Å². The monoisotopic (exact) mass is 356 g/mol. The molecule has 0 unspecified atom stereocenters. The first kappa shape index (κ1) is 16.6. The van der Waals surface area contributed by atoms with E-state index < -0.39 is 0 Å². The second-order valence-electron chi connectivity index (χ2n) is 6.94. The molecule has 2 fully saturated rings. The number of Topliss-reactive ketones (excluding diaryl/α,β-unsaturated/α-hetero) is 1. The van der Waals surface area contributed by atoms with Gasteiger partial charge in [0.05, 0.1) is 12.6 Å². The summed E-state index contributed by atoms with van der Waals surface area (Å²) in [6, 6.07) is 12.1. The average molecular weight is 357 g/mol. The molecule has 2 saturated heterocycles. The third-order valence-electron chi connectivity index (χ3n) is 5.70. The van der Waals surface area contributed by atoms with Crippen LogP contribution in [-0.4, -0.2) is 34.4 Å². The van der Waals surface area contributed by atoms with Crippen molar-refractivity contribution >= 4 is 17.4 Å². The van der Waals surface area contributed by atoms with Crippen molar-refractivity contribution in [2.75, 3.05) is 7.11 Å². The number of ether oxygens (including phenoxy) is 1. The number of pyridine rings is 1. The largest absolute Gasteiger partial charge is 0.497 e. The summed E-state index contributed by atoms with van der Waals surface area (Å²) in [6.07, 6.45) is 5.63. The maximum absolute atomic E-state index is 13.3. The maximum atomic E-state index is 13.3. The number of carbonyl (C=O) groups excluding carboxylic acids is 1. The van der Waals surface area contributed by atoms with Crippen LogP contribution in [0.5, 0.6) is 5.75 Å². The van der Waals surface area contributed by atoms with Crippen LogP contribution in [0.3, 0.4) is 0 Å². The van der Waals surface area contributed by atoms with Gasteiger partial charge in [0.15, 0.2) is 5.78 Å². The van der Waals surface area contributed by atoms with Crippen molar-refractivity contribution in [3.05, 3.63) is 58.9 Å². The lowest BCUT2D eigenvalue weighted by atomic mass is 9.82. The number of methoxy groups -OCH3 is 1. The number of aromatic nitrogens is 1. The second-order valence-corrected chi connectivity index (χ2v) is 7.32. The van der Waals surface area contributed by atoms with Crippen LogP contribution in [0.4, 0.5) is 0 Å². The molecule has 0 radical (unpaired) electrons. The zero-order chi connectivity index (χ0) is 17.4. The van der Waals surface area contributed by atoms with Crippen LogP contribution in [0.25, 0.3) is 0 Å². The summed E-state index contributed by atoms with van der Waals surface area (Å²) in [7, 11) is 1.67. The van der Waals surface area contributed by atoms with E-state index in [0.29, 0.717) is 16.8 Å². The lowest BCUT2D eigenvalue weighted by molar-refractivity contribution is 0.0689. The number of benzene rings is 1. The van der Waals surface area contributed by atoms with Gasteiger partial charge in [-0.3, -0.25) is 9.69 Å². The molecule has 0 N–H and O–H groups in total. The standard InChI is InChI=1S/C20H21ClN2O2/c1-25-17-5-2-14(3-6-17)13-23-16-8-10-20(23,11-9-16)19(24)15-4-7-18(21)22-12-15/h2-7,12,16H,8-11,13H2,1H3. The SMILES string of the molecule is COc1ccc(CN2C3CCC2(C(=O)c2ccc(Cl)nc2)CC3)cc1. The Labute approximate surface area is 152 Å². The highest BCUT2D eigenvalue weighted by Crippen LogP contribution is 2.48. The minimum atomic E-state index is -0.389. The molecule has 1 aromatic heterocycles. The molecule has 130 valence electrons. The van der Waals surface area contributed by atoms with Gasteiger partial charge in [0, 0.05) is 24.3 Å². The zero-order valence-corrected chi connectivity index (χ0v) is 15.0. The lowest BCUT2D eigenvalue weighted by Gasteiger charge is -2.33. The number of fused-ring (bicyclic) bond motifs is 2. The molecule has 2 aliphatic heterocycles. The predicted octanol–water partition coefficient (Wildman–Crippen LogP) is 4.12. The summed E-state index contributed by atoms with van der Waals surface area (Å²) in [5, 5.41) is 0.417. The van der Waals surface area contributed by atoms with E-state index >= 15 is 0 Å². The Morgan fingerprint density at radius 1 is 1.24 bits per heavy atom. The van der Waals surface area contributed by atoms with Gasteiger partial charge in [0.25, 0.3) is 0 Å². The van der Waals surface area contributed by atoms with E-state index in [2.05, 4.69) is 22.0 Å². The Hall–Kier alpha value is -1.91. The van der Waals surface area contributed by atoms with Crippen LogP contribution in [0.15, 0.2) is 42.6 Å². The number of hydrogen-bond acceptors (Lipinski definition) is 4. The molecule has 2 aromatic rings. The van der Waals surface area contributed by atoms with Crippen molar-refractivity contribution in [3.63, 3.8) is 0 Å². The maximum Gasteiger partial charge on any atom is 0.184 e. The number of ketones is 1. The van der Waals surface area contributed by atoms with Gasteiger partial charge in [-0.1, -0.05) is 23.7 Å². The van der Waals surface area contributed by atoms with Crippen LogP contribution in [-0.2, 0) is 6.54 Å². The predicted molar refractivity (Wildman–Crippen MR) is 97.1 cm³/mol. The third kappa shape index (κ3) is 2.83. The van der Waals surface area contributed by atoms with E-state index in [1.807, 2.05) is 12.1 Å². The molecule has 0 aliphatic carbocycles. The van der Waals surface area contributed by atoms with Crippen molar-refractivity contribution in [3.8, 4) is 5.75 Å². The number of nitrogens with zero attached hydrogens (tertiary/aromatic N) is 2. The molecule has 0 atom stereocenters. The molecule has 5 heteroatoms. The fourth-order valence-electron chi connectivity index (χ4n) is 4.37. The van der Waals surface area contributed by atoms with Gasteiger partial charge < -0.3 is 4.74 Å². The van der Waals surface area contributed by atoms with Crippen LogP contribution >= 0.6 is 11.6 Å². The highest BCUT2D eigenvalue weighted by atomic mass is 35.5. The Morgan fingerprint density at radius 2 is 1.96 bits per heavy atom. The number of halogens is 1. The number of carbonyl (C=O) groups is 1. The van der Waals surface area contributed by atoms with Gasteiger partial charge in [0.1, 0.15) is 10.9 Å². The van der Waals surface area contributed by atoms with Gasteiger partial charge in [0.2, 0.25) is 0 Å². The third-order valence-corrected chi connectivity index (χ3v) is 5.92. The Morgan fingerprint density at radius 3 is 2.56 bits per heavy atom. The van der Waals surface area contributed by atoms with Crippen molar-refractivity contribution in [1.29, 1.82) is 0 Å². The molecule has 4 rings (SSSR count). The van der Waals surface area contributed by atoms with Crippen LogP contribution in [0.1, 0.15) is 41.6 Å². The highest BCUT2D eigenvalue weighted by Gasteiger charge is 2.55. The molecular weight excluding hydrogens is 336 g/mol. The van der Waals surface area contributed by atoms with Gasteiger partial charge in [-0.05, 0) is 55.5 Å².